The number of amides is 2. The van der Waals surface area contributed by atoms with Gasteiger partial charge < -0.3 is 10.2 Å². The highest BCUT2D eigenvalue weighted by Crippen LogP contribution is 2.28. The van der Waals surface area contributed by atoms with Gasteiger partial charge in [0.1, 0.15) is 12.6 Å². The van der Waals surface area contributed by atoms with Crippen molar-refractivity contribution in [2.45, 2.75) is 25.9 Å². The molecule has 0 fully saturated rings. The fraction of sp³-hybridized carbons (Fsp3) is 0.259. The summed E-state index contributed by atoms with van der Waals surface area (Å²) in [6.07, 6.45) is 1.25. The fourth-order valence-electron chi connectivity index (χ4n) is 3.91. The van der Waals surface area contributed by atoms with E-state index in [4.69, 9.17) is 23.2 Å². The van der Waals surface area contributed by atoms with Crippen LogP contribution in [-0.2, 0) is 32.6 Å². The predicted molar refractivity (Wildman–Crippen MR) is 148 cm³/mol. The fourth-order valence-corrected chi connectivity index (χ4v) is 5.27. The van der Waals surface area contributed by atoms with Crippen LogP contribution in [0.5, 0.6) is 0 Å². The quantitative estimate of drug-likeness (QED) is 0.372. The number of hydrogen-bond acceptors (Lipinski definition) is 4. The van der Waals surface area contributed by atoms with E-state index in [1.54, 1.807) is 55.5 Å². The summed E-state index contributed by atoms with van der Waals surface area (Å²) >= 11 is 12.9. The zero-order chi connectivity index (χ0) is 27.0. The molecule has 10 heteroatoms. The summed E-state index contributed by atoms with van der Waals surface area (Å²) in [7, 11) is -3.82. The summed E-state index contributed by atoms with van der Waals surface area (Å²) < 4.78 is 26.4. The topological polar surface area (TPSA) is 86.8 Å². The first kappa shape index (κ1) is 28.5. The molecule has 196 valence electrons. The first-order valence-corrected chi connectivity index (χ1v) is 14.3. The largest absolute Gasteiger partial charge is 0.355 e. The molecule has 1 N–H and O–H groups in total. The van der Waals surface area contributed by atoms with E-state index in [0.29, 0.717) is 27.8 Å². The molecule has 37 heavy (non-hydrogen) atoms. The number of para-hydroxylation sites is 1. The number of nitrogens with one attached hydrogen (secondary N) is 1. The summed E-state index contributed by atoms with van der Waals surface area (Å²) in [5.74, 6) is -0.939. The molecule has 1 atom stereocenters. The Bertz CT molecular complexity index is 1300. The van der Waals surface area contributed by atoms with Crippen LogP contribution < -0.4 is 9.62 Å². The highest BCUT2D eigenvalue weighted by Gasteiger charge is 2.33. The van der Waals surface area contributed by atoms with Gasteiger partial charge in [0, 0.05) is 35.1 Å². The van der Waals surface area contributed by atoms with Crippen molar-refractivity contribution in [3.63, 3.8) is 0 Å². The van der Waals surface area contributed by atoms with Gasteiger partial charge in [-0.1, -0.05) is 77.8 Å². The van der Waals surface area contributed by atoms with Crippen LogP contribution in [0.4, 0.5) is 5.69 Å². The normalized spacial score (nSPS) is 12.0. The van der Waals surface area contributed by atoms with Crippen molar-refractivity contribution < 1.29 is 18.0 Å². The molecule has 0 aliphatic carbocycles. The van der Waals surface area contributed by atoms with Gasteiger partial charge in [0.15, 0.2) is 0 Å². The van der Waals surface area contributed by atoms with Gasteiger partial charge in [0.2, 0.25) is 21.8 Å². The van der Waals surface area contributed by atoms with Gasteiger partial charge in [-0.15, -0.1) is 0 Å². The molecular formula is C27H29Cl2N3O4S. The van der Waals surface area contributed by atoms with E-state index >= 15 is 0 Å². The van der Waals surface area contributed by atoms with Gasteiger partial charge in [-0.3, -0.25) is 13.9 Å². The Morgan fingerprint density at radius 2 is 1.46 bits per heavy atom. The molecule has 0 saturated heterocycles. The van der Waals surface area contributed by atoms with E-state index in [-0.39, 0.29) is 18.9 Å². The van der Waals surface area contributed by atoms with E-state index in [9.17, 15) is 18.0 Å². The molecule has 0 spiro atoms. The monoisotopic (exact) mass is 561 g/mol. The Labute approximate surface area is 228 Å². The van der Waals surface area contributed by atoms with Crippen molar-refractivity contribution in [1.29, 1.82) is 0 Å². The first-order chi connectivity index (χ1) is 17.6. The first-order valence-electron chi connectivity index (χ1n) is 11.7. The zero-order valence-electron chi connectivity index (χ0n) is 20.6. The lowest BCUT2D eigenvalue weighted by molar-refractivity contribution is -0.140. The number of sulfonamides is 1. The second kappa shape index (κ2) is 12.9. The number of anilines is 1. The Balaban J connectivity index is 2.07. The van der Waals surface area contributed by atoms with Crippen LogP contribution in [0, 0.1) is 0 Å². The van der Waals surface area contributed by atoms with Crippen molar-refractivity contribution in [1.82, 2.24) is 10.2 Å². The number of rotatable bonds is 11. The van der Waals surface area contributed by atoms with Crippen molar-refractivity contribution in [3.05, 3.63) is 100 Å². The number of halogens is 2. The van der Waals surface area contributed by atoms with Gasteiger partial charge in [-0.2, -0.15) is 0 Å². The van der Waals surface area contributed by atoms with E-state index in [1.807, 2.05) is 30.3 Å². The maximum atomic E-state index is 13.9. The van der Waals surface area contributed by atoms with Crippen LogP contribution in [-0.4, -0.2) is 50.5 Å². The van der Waals surface area contributed by atoms with Gasteiger partial charge in [0.05, 0.1) is 11.9 Å². The molecule has 0 heterocycles. The number of carbonyl (C=O) groups is 2. The van der Waals surface area contributed by atoms with Crippen LogP contribution >= 0.6 is 23.2 Å². The number of hydrogen-bond donors (Lipinski definition) is 1. The average molecular weight is 563 g/mol. The lowest BCUT2D eigenvalue weighted by Gasteiger charge is -2.33. The molecular weight excluding hydrogens is 533 g/mol. The van der Waals surface area contributed by atoms with Gasteiger partial charge in [0.25, 0.3) is 0 Å². The highest BCUT2D eigenvalue weighted by atomic mass is 35.5. The van der Waals surface area contributed by atoms with Crippen molar-refractivity contribution in [2.24, 2.45) is 0 Å². The van der Waals surface area contributed by atoms with Crippen LogP contribution in [0.25, 0.3) is 0 Å². The molecule has 0 bridgehead atoms. The number of likely N-dealkylation sites (N-methyl/N-ethyl adjacent to an activating group) is 1. The zero-order valence-corrected chi connectivity index (χ0v) is 22.9. The van der Waals surface area contributed by atoms with Crippen LogP contribution in [0.1, 0.15) is 18.1 Å². The molecule has 0 aliphatic heterocycles. The SMILES string of the molecule is CCNC(=O)[C@H](Cc1ccccc1)N(Cc1c(Cl)cccc1Cl)C(=O)CN(c1ccccc1)S(C)(=O)=O. The molecule has 0 unspecified atom stereocenters. The third-order valence-electron chi connectivity index (χ3n) is 5.74. The maximum absolute atomic E-state index is 13.9. The minimum Gasteiger partial charge on any atom is -0.355 e. The third-order valence-corrected chi connectivity index (χ3v) is 7.58. The molecule has 0 saturated carbocycles. The molecule has 3 aromatic carbocycles. The van der Waals surface area contributed by atoms with E-state index in [2.05, 4.69) is 5.32 Å². The third kappa shape index (κ3) is 7.71. The van der Waals surface area contributed by atoms with Crippen molar-refractivity contribution >= 4 is 50.7 Å². The Morgan fingerprint density at radius 3 is 2.00 bits per heavy atom. The number of carbonyl (C=O) groups excluding carboxylic acids is 2. The van der Waals surface area contributed by atoms with Crippen molar-refractivity contribution in [2.75, 3.05) is 23.7 Å². The summed E-state index contributed by atoms with van der Waals surface area (Å²) in [5, 5.41) is 3.47. The average Bonchev–Trinajstić information content (AvgIpc) is 2.86. The van der Waals surface area contributed by atoms with Gasteiger partial charge in [-0.25, -0.2) is 8.42 Å². The minimum atomic E-state index is -3.82. The molecule has 3 rings (SSSR count). The Kier molecular flexibility index (Phi) is 9.97. The molecule has 0 aliphatic rings. The minimum absolute atomic E-state index is 0.0850. The lowest BCUT2D eigenvalue weighted by Crippen LogP contribution is -2.53. The van der Waals surface area contributed by atoms with Gasteiger partial charge in [-0.05, 0) is 36.8 Å². The van der Waals surface area contributed by atoms with E-state index in [1.165, 1.54) is 4.90 Å². The molecule has 3 aromatic rings. The van der Waals surface area contributed by atoms with Crippen LogP contribution in [0.2, 0.25) is 10.0 Å². The van der Waals surface area contributed by atoms with Crippen LogP contribution in [0.15, 0.2) is 78.9 Å². The molecule has 0 aromatic heterocycles. The smallest absolute Gasteiger partial charge is 0.244 e. The summed E-state index contributed by atoms with van der Waals surface area (Å²) in [5.41, 5.74) is 1.64. The van der Waals surface area contributed by atoms with Crippen molar-refractivity contribution in [3.8, 4) is 0 Å². The highest BCUT2D eigenvalue weighted by molar-refractivity contribution is 7.92. The summed E-state index contributed by atoms with van der Waals surface area (Å²) in [6, 6.07) is 21.7. The number of benzene rings is 3. The van der Waals surface area contributed by atoms with Crippen LogP contribution in [0.3, 0.4) is 0 Å². The number of nitrogens with zero attached hydrogens (tertiary/aromatic N) is 2. The summed E-state index contributed by atoms with van der Waals surface area (Å²) in [6.45, 7) is 1.56. The second-order valence-electron chi connectivity index (χ2n) is 8.43. The van der Waals surface area contributed by atoms with Gasteiger partial charge >= 0.3 is 0 Å². The molecule has 7 nitrogen and oxygen atoms in total. The van der Waals surface area contributed by atoms with E-state index < -0.39 is 28.5 Å². The van der Waals surface area contributed by atoms with E-state index in [0.717, 1.165) is 16.1 Å². The lowest BCUT2D eigenvalue weighted by atomic mass is 10.0. The molecule has 2 amide bonds. The predicted octanol–water partition coefficient (Wildman–Crippen LogP) is 4.54. The Hall–Kier alpha value is -3.07. The Morgan fingerprint density at radius 1 is 0.892 bits per heavy atom. The molecule has 0 radical (unpaired) electrons. The standard InChI is InChI=1S/C27H29Cl2N3O4S/c1-3-30-27(34)25(17-20-11-6-4-7-12-20)31(18-22-23(28)15-10-16-24(22)29)26(33)19-32(37(2,35)36)21-13-8-5-9-14-21/h4-16,25H,3,17-19H2,1-2H3,(H,30,34)/t25-/m0/s1. The summed E-state index contributed by atoms with van der Waals surface area (Å²) in [4.78, 5) is 28.6. The second-order valence-corrected chi connectivity index (χ2v) is 11.1. The maximum Gasteiger partial charge on any atom is 0.244 e.